The number of ether oxygens (including phenoxy) is 1. The quantitative estimate of drug-likeness (QED) is 0.507. The standard InChI is InChI=1S/C17H13Cl2N3O3S/c1-26(24)17-20-7-14(8-21-17)25-16-3-10(9-23)2-15(22-16)11-4-12(18)6-13(19)5-11/h2-8,23H,9H2,1H3. The Labute approximate surface area is 163 Å². The highest BCUT2D eigenvalue weighted by molar-refractivity contribution is 7.90. The molecule has 2 aromatic heterocycles. The first kappa shape index (κ1) is 18.9. The minimum atomic E-state index is -1.27. The summed E-state index contributed by atoms with van der Waals surface area (Å²) in [6, 6.07) is 8.37. The van der Waals surface area contributed by atoms with Gasteiger partial charge in [0.05, 0.1) is 24.7 Å². The van der Waals surface area contributed by atoms with Crippen LogP contribution in [-0.2, 0) is 17.8 Å². The molecule has 6 nitrogen and oxygen atoms in total. The van der Waals surface area contributed by atoms with Crippen molar-refractivity contribution in [3.05, 3.63) is 58.3 Å². The third-order valence-electron chi connectivity index (χ3n) is 3.29. The molecule has 2 heterocycles. The van der Waals surface area contributed by atoms with Gasteiger partial charge in [0.1, 0.15) is 6.26 Å². The van der Waals surface area contributed by atoms with Crippen LogP contribution in [0, 0.1) is 0 Å². The molecule has 0 spiro atoms. The largest absolute Gasteiger partial charge is 0.609 e. The van der Waals surface area contributed by atoms with E-state index in [9.17, 15) is 9.66 Å². The first-order chi connectivity index (χ1) is 12.4. The molecule has 0 amide bonds. The molecular weight excluding hydrogens is 397 g/mol. The molecule has 0 bridgehead atoms. The van der Waals surface area contributed by atoms with E-state index < -0.39 is 11.2 Å². The topological polar surface area (TPSA) is 91.2 Å². The van der Waals surface area contributed by atoms with Crippen LogP contribution in [-0.4, -0.2) is 30.9 Å². The van der Waals surface area contributed by atoms with E-state index in [1.807, 2.05) is 0 Å². The molecule has 3 aromatic rings. The van der Waals surface area contributed by atoms with Crippen molar-refractivity contribution in [2.45, 2.75) is 11.8 Å². The summed E-state index contributed by atoms with van der Waals surface area (Å²) in [6.07, 6.45) is 4.31. The molecule has 134 valence electrons. The van der Waals surface area contributed by atoms with E-state index in [-0.39, 0.29) is 17.6 Å². The number of aromatic nitrogens is 3. The maximum absolute atomic E-state index is 11.3. The number of pyridine rings is 1. The lowest BCUT2D eigenvalue weighted by molar-refractivity contribution is 0.281. The Balaban J connectivity index is 1.94. The Hall–Kier alpha value is -1.90. The predicted octanol–water partition coefficient (Wildman–Crippen LogP) is 3.87. The predicted molar refractivity (Wildman–Crippen MR) is 100 cm³/mol. The zero-order valence-corrected chi connectivity index (χ0v) is 15.8. The van der Waals surface area contributed by atoms with Gasteiger partial charge in [-0.05, 0) is 29.8 Å². The summed E-state index contributed by atoms with van der Waals surface area (Å²) in [5.41, 5.74) is 1.84. The van der Waals surface area contributed by atoms with Gasteiger partial charge in [0.15, 0.2) is 5.75 Å². The van der Waals surface area contributed by atoms with E-state index >= 15 is 0 Å². The molecule has 0 saturated heterocycles. The normalized spacial score (nSPS) is 12.0. The molecule has 3 rings (SSSR count). The van der Waals surface area contributed by atoms with E-state index in [4.69, 9.17) is 27.9 Å². The summed E-state index contributed by atoms with van der Waals surface area (Å²) in [7, 11) is 0. The summed E-state index contributed by atoms with van der Waals surface area (Å²) in [4.78, 5) is 12.4. The van der Waals surface area contributed by atoms with Gasteiger partial charge in [0, 0.05) is 32.9 Å². The molecule has 1 aromatic carbocycles. The SMILES string of the molecule is C[S+]([O-])c1ncc(Oc2cc(CO)cc(-c3cc(Cl)cc(Cl)c3)n2)cn1. The molecule has 0 radical (unpaired) electrons. The van der Waals surface area contributed by atoms with Crippen LogP contribution >= 0.6 is 23.2 Å². The second-order valence-corrected chi connectivity index (χ2v) is 7.42. The van der Waals surface area contributed by atoms with Crippen LogP contribution in [0.1, 0.15) is 5.56 Å². The molecule has 1 unspecified atom stereocenters. The third kappa shape index (κ3) is 4.63. The zero-order chi connectivity index (χ0) is 18.7. The van der Waals surface area contributed by atoms with Crippen LogP contribution in [0.25, 0.3) is 11.3 Å². The number of hydrogen-bond acceptors (Lipinski definition) is 6. The number of hydrogen-bond donors (Lipinski definition) is 1. The van der Waals surface area contributed by atoms with E-state index in [1.54, 1.807) is 30.3 Å². The third-order valence-corrected chi connectivity index (χ3v) is 4.45. The maximum atomic E-state index is 11.3. The summed E-state index contributed by atoms with van der Waals surface area (Å²) in [5, 5.41) is 10.7. The van der Waals surface area contributed by atoms with Crippen molar-refractivity contribution < 1.29 is 14.4 Å². The Bertz CT molecular complexity index is 903. The van der Waals surface area contributed by atoms with Crippen molar-refractivity contribution in [2.24, 2.45) is 0 Å². The van der Waals surface area contributed by atoms with Gasteiger partial charge in [-0.1, -0.05) is 23.2 Å². The number of aliphatic hydroxyl groups is 1. The van der Waals surface area contributed by atoms with E-state index in [0.717, 1.165) is 0 Å². The molecule has 0 saturated carbocycles. The van der Waals surface area contributed by atoms with Crippen LogP contribution in [0.5, 0.6) is 11.6 Å². The molecule has 0 aliphatic carbocycles. The number of rotatable bonds is 5. The van der Waals surface area contributed by atoms with Gasteiger partial charge in [-0.3, -0.25) is 0 Å². The van der Waals surface area contributed by atoms with Gasteiger partial charge < -0.3 is 14.4 Å². The average molecular weight is 410 g/mol. The average Bonchev–Trinajstić information content (AvgIpc) is 2.61. The van der Waals surface area contributed by atoms with E-state index in [2.05, 4.69) is 15.0 Å². The molecule has 1 N–H and O–H groups in total. The highest BCUT2D eigenvalue weighted by atomic mass is 35.5. The molecule has 26 heavy (non-hydrogen) atoms. The van der Waals surface area contributed by atoms with Crippen LogP contribution in [0.3, 0.4) is 0 Å². The highest BCUT2D eigenvalue weighted by Gasteiger charge is 2.11. The van der Waals surface area contributed by atoms with E-state index in [1.165, 1.54) is 18.6 Å². The summed E-state index contributed by atoms with van der Waals surface area (Å²) >= 11 is 10.8. The highest BCUT2D eigenvalue weighted by Crippen LogP contribution is 2.29. The van der Waals surface area contributed by atoms with Gasteiger partial charge in [-0.25, -0.2) is 4.98 Å². The van der Waals surface area contributed by atoms with Gasteiger partial charge in [-0.15, -0.1) is 0 Å². The number of benzene rings is 1. The van der Waals surface area contributed by atoms with Gasteiger partial charge in [0.25, 0.3) is 0 Å². The van der Waals surface area contributed by atoms with Crippen molar-refractivity contribution in [1.29, 1.82) is 0 Å². The van der Waals surface area contributed by atoms with Crippen molar-refractivity contribution in [3.63, 3.8) is 0 Å². The van der Waals surface area contributed by atoms with Crippen LogP contribution in [0.2, 0.25) is 10.0 Å². The summed E-state index contributed by atoms with van der Waals surface area (Å²) in [6.45, 7) is -0.190. The monoisotopic (exact) mass is 409 g/mol. The van der Waals surface area contributed by atoms with Crippen molar-refractivity contribution in [2.75, 3.05) is 6.26 Å². The van der Waals surface area contributed by atoms with Gasteiger partial charge in [0.2, 0.25) is 5.88 Å². The van der Waals surface area contributed by atoms with Crippen molar-refractivity contribution in [1.82, 2.24) is 15.0 Å². The lowest BCUT2D eigenvalue weighted by Gasteiger charge is -2.10. The second-order valence-electron chi connectivity index (χ2n) is 5.27. The van der Waals surface area contributed by atoms with Crippen molar-refractivity contribution >= 4 is 34.4 Å². The number of nitrogens with zero attached hydrogens (tertiary/aromatic N) is 3. The molecule has 0 aliphatic rings. The number of aliphatic hydroxyl groups excluding tert-OH is 1. The van der Waals surface area contributed by atoms with Gasteiger partial charge in [-0.2, -0.15) is 9.97 Å². The second kappa shape index (κ2) is 8.20. The van der Waals surface area contributed by atoms with Crippen LogP contribution in [0.15, 0.2) is 47.9 Å². The Morgan fingerprint density at radius 2 is 1.73 bits per heavy atom. The summed E-state index contributed by atoms with van der Waals surface area (Å²) < 4.78 is 17.0. The maximum Gasteiger partial charge on any atom is 0.342 e. The Morgan fingerprint density at radius 1 is 1.08 bits per heavy atom. The Morgan fingerprint density at radius 3 is 2.31 bits per heavy atom. The minimum Gasteiger partial charge on any atom is -0.609 e. The minimum absolute atomic E-state index is 0.190. The lowest BCUT2D eigenvalue weighted by Crippen LogP contribution is -2.03. The van der Waals surface area contributed by atoms with Crippen molar-refractivity contribution in [3.8, 4) is 22.9 Å². The lowest BCUT2D eigenvalue weighted by atomic mass is 10.1. The fourth-order valence-corrected chi connectivity index (χ4v) is 3.11. The smallest absolute Gasteiger partial charge is 0.342 e. The zero-order valence-electron chi connectivity index (χ0n) is 13.5. The molecule has 9 heteroatoms. The van der Waals surface area contributed by atoms with Crippen LogP contribution in [0.4, 0.5) is 0 Å². The first-order valence-electron chi connectivity index (χ1n) is 7.36. The van der Waals surface area contributed by atoms with Gasteiger partial charge >= 0.3 is 5.16 Å². The molecule has 0 aliphatic heterocycles. The van der Waals surface area contributed by atoms with E-state index in [0.29, 0.717) is 32.6 Å². The molecule has 1 atom stereocenters. The van der Waals surface area contributed by atoms with Crippen LogP contribution < -0.4 is 4.74 Å². The Kier molecular flexibility index (Phi) is 5.95. The fraction of sp³-hybridized carbons (Fsp3) is 0.118. The first-order valence-corrected chi connectivity index (χ1v) is 9.67. The fourth-order valence-electron chi connectivity index (χ4n) is 2.18. The molecular formula is C17H13Cl2N3O3S. The molecule has 0 fully saturated rings. The summed E-state index contributed by atoms with van der Waals surface area (Å²) in [5.74, 6) is 0.577. The number of halogens is 2.